The van der Waals surface area contributed by atoms with Crippen LogP contribution in [0.2, 0.25) is 10.2 Å². The summed E-state index contributed by atoms with van der Waals surface area (Å²) in [7, 11) is 0. The number of carboxylic acids is 1. The van der Waals surface area contributed by atoms with Gasteiger partial charge in [0, 0.05) is 35.6 Å². The van der Waals surface area contributed by atoms with Crippen LogP contribution in [0.1, 0.15) is 23.0 Å². The van der Waals surface area contributed by atoms with Crippen molar-refractivity contribution in [3.8, 4) is 22.4 Å². The largest absolute Gasteiger partial charge is 0.477 e. The molecule has 0 atom stereocenters. The summed E-state index contributed by atoms with van der Waals surface area (Å²) >= 11 is 11.9. The maximum absolute atomic E-state index is 14.4. The van der Waals surface area contributed by atoms with Gasteiger partial charge in [0.15, 0.2) is 0 Å². The lowest BCUT2D eigenvalue weighted by atomic mass is 9.96. The van der Waals surface area contributed by atoms with E-state index < -0.39 is 28.6 Å². The first-order chi connectivity index (χ1) is 13.7. The van der Waals surface area contributed by atoms with Gasteiger partial charge in [-0.25, -0.2) is 18.6 Å². The van der Waals surface area contributed by atoms with Gasteiger partial charge in [0.25, 0.3) is 0 Å². The summed E-state index contributed by atoms with van der Waals surface area (Å²) in [4.78, 5) is 29.1. The van der Waals surface area contributed by atoms with Crippen LogP contribution in [-0.4, -0.2) is 20.6 Å². The van der Waals surface area contributed by atoms with Gasteiger partial charge in [-0.05, 0) is 32.0 Å². The van der Waals surface area contributed by atoms with Gasteiger partial charge in [-0.3, -0.25) is 4.79 Å². The molecule has 1 N–H and O–H groups in total. The van der Waals surface area contributed by atoms with E-state index in [0.29, 0.717) is 11.8 Å². The molecule has 0 radical (unpaired) electrons. The number of benzene rings is 1. The number of pyridine rings is 2. The monoisotopic (exact) mass is 438 g/mol. The molecule has 0 aliphatic carbocycles. The van der Waals surface area contributed by atoms with Crippen LogP contribution < -0.4 is 5.43 Å². The second-order valence-corrected chi connectivity index (χ2v) is 6.95. The number of rotatable bonds is 4. The Hall–Kier alpha value is -2.77. The van der Waals surface area contributed by atoms with Gasteiger partial charge >= 0.3 is 5.97 Å². The molecule has 2 aromatic heterocycles. The molecule has 150 valence electrons. The first kappa shape index (κ1) is 21.0. The summed E-state index contributed by atoms with van der Waals surface area (Å²) in [5, 5.41) is 9.89. The van der Waals surface area contributed by atoms with Crippen molar-refractivity contribution in [1.29, 1.82) is 0 Å². The Balaban J connectivity index is 2.47. The topological polar surface area (TPSA) is 72.2 Å². The number of carbonyl (C=O) groups is 1. The van der Waals surface area contributed by atoms with Crippen LogP contribution in [-0.2, 0) is 6.54 Å². The number of hydrogen-bond donors (Lipinski definition) is 1. The quantitative estimate of drug-likeness (QED) is 0.568. The van der Waals surface area contributed by atoms with Crippen LogP contribution in [0.3, 0.4) is 0 Å². The lowest BCUT2D eigenvalue weighted by Crippen LogP contribution is -2.25. The van der Waals surface area contributed by atoms with E-state index >= 15 is 0 Å². The Kier molecular flexibility index (Phi) is 5.73. The summed E-state index contributed by atoms with van der Waals surface area (Å²) < 4.78 is 29.3. The summed E-state index contributed by atoms with van der Waals surface area (Å²) in [5.74, 6) is -3.27. The van der Waals surface area contributed by atoms with Crippen LogP contribution in [0.15, 0.2) is 35.3 Å². The summed E-state index contributed by atoms with van der Waals surface area (Å²) in [6, 6.07) is 4.16. The smallest absolute Gasteiger partial charge is 0.341 e. The fourth-order valence-electron chi connectivity index (χ4n) is 3.29. The molecule has 0 spiro atoms. The van der Waals surface area contributed by atoms with E-state index in [-0.39, 0.29) is 39.1 Å². The van der Waals surface area contributed by atoms with Gasteiger partial charge < -0.3 is 9.67 Å². The van der Waals surface area contributed by atoms with Crippen molar-refractivity contribution in [2.75, 3.05) is 0 Å². The van der Waals surface area contributed by atoms with Crippen LogP contribution in [0.4, 0.5) is 8.78 Å². The van der Waals surface area contributed by atoms with Gasteiger partial charge in [0.1, 0.15) is 22.4 Å². The summed E-state index contributed by atoms with van der Waals surface area (Å²) in [5.41, 5.74) is -1.16. The molecule has 2 heterocycles. The first-order valence-corrected chi connectivity index (χ1v) is 9.20. The van der Waals surface area contributed by atoms with Gasteiger partial charge in [-0.2, -0.15) is 0 Å². The van der Waals surface area contributed by atoms with Gasteiger partial charge in [0.05, 0.1) is 16.3 Å². The van der Waals surface area contributed by atoms with Crippen LogP contribution in [0.5, 0.6) is 0 Å². The van der Waals surface area contributed by atoms with E-state index in [9.17, 15) is 23.5 Å². The van der Waals surface area contributed by atoms with Crippen molar-refractivity contribution >= 4 is 29.2 Å². The zero-order chi connectivity index (χ0) is 21.5. The average Bonchev–Trinajstić information content (AvgIpc) is 2.65. The minimum atomic E-state index is -1.50. The predicted molar refractivity (Wildman–Crippen MR) is 107 cm³/mol. The Labute approximate surface area is 174 Å². The third-order valence-corrected chi connectivity index (χ3v) is 5.21. The number of halogens is 4. The number of nitrogens with zero attached hydrogens (tertiary/aromatic N) is 2. The molecule has 0 unspecified atom stereocenters. The van der Waals surface area contributed by atoms with Gasteiger partial charge in [-0.1, -0.05) is 23.2 Å². The third kappa shape index (κ3) is 3.63. The van der Waals surface area contributed by atoms with Gasteiger partial charge in [-0.15, -0.1) is 0 Å². The molecule has 3 rings (SSSR count). The molecule has 0 aliphatic heterocycles. The lowest BCUT2D eigenvalue weighted by molar-refractivity contribution is 0.0695. The zero-order valence-electron chi connectivity index (χ0n) is 15.3. The van der Waals surface area contributed by atoms with Crippen LogP contribution in [0.25, 0.3) is 22.4 Å². The Morgan fingerprint density at radius 1 is 1.24 bits per heavy atom. The molecule has 0 bridgehead atoms. The second-order valence-electron chi connectivity index (χ2n) is 6.18. The van der Waals surface area contributed by atoms with Crippen molar-refractivity contribution in [3.63, 3.8) is 0 Å². The molecule has 3 aromatic rings. The van der Waals surface area contributed by atoms with Crippen molar-refractivity contribution in [1.82, 2.24) is 9.55 Å². The zero-order valence-corrected chi connectivity index (χ0v) is 16.8. The lowest BCUT2D eigenvalue weighted by Gasteiger charge is -2.21. The van der Waals surface area contributed by atoms with Crippen molar-refractivity contribution in [2.45, 2.75) is 20.4 Å². The van der Waals surface area contributed by atoms with Crippen LogP contribution in [0, 0.1) is 18.6 Å². The number of aromatic nitrogens is 2. The van der Waals surface area contributed by atoms with E-state index in [4.69, 9.17) is 23.2 Å². The van der Waals surface area contributed by atoms with Crippen LogP contribution >= 0.6 is 23.2 Å². The SMILES string of the molecule is CCn1c(C)c(-c2ccc(F)cc2F)c(=O)c(C(=O)O)c1-c1cnc(Cl)c(Cl)c1. The Morgan fingerprint density at radius 2 is 1.93 bits per heavy atom. The normalized spacial score (nSPS) is 11.0. The Bertz CT molecular complexity index is 1210. The van der Waals surface area contributed by atoms with E-state index in [1.165, 1.54) is 12.3 Å². The van der Waals surface area contributed by atoms with E-state index in [0.717, 1.165) is 12.1 Å². The fourth-order valence-corrected chi connectivity index (χ4v) is 3.56. The van der Waals surface area contributed by atoms with Gasteiger partial charge in [0.2, 0.25) is 5.43 Å². The molecule has 0 saturated heterocycles. The molecule has 0 aliphatic rings. The first-order valence-electron chi connectivity index (χ1n) is 8.44. The molecular formula is C20H14Cl2F2N2O3. The highest BCUT2D eigenvalue weighted by molar-refractivity contribution is 6.41. The summed E-state index contributed by atoms with van der Waals surface area (Å²) in [6.07, 6.45) is 1.30. The average molecular weight is 439 g/mol. The Morgan fingerprint density at radius 3 is 2.48 bits per heavy atom. The van der Waals surface area contributed by atoms with Crippen molar-refractivity contribution in [2.24, 2.45) is 0 Å². The number of aromatic carboxylic acids is 1. The highest BCUT2D eigenvalue weighted by atomic mass is 35.5. The van der Waals surface area contributed by atoms with Crippen molar-refractivity contribution in [3.05, 3.63) is 73.8 Å². The second kappa shape index (κ2) is 7.93. The van der Waals surface area contributed by atoms with E-state index in [2.05, 4.69) is 4.98 Å². The highest BCUT2D eigenvalue weighted by Crippen LogP contribution is 2.32. The third-order valence-electron chi connectivity index (χ3n) is 4.53. The molecule has 29 heavy (non-hydrogen) atoms. The van der Waals surface area contributed by atoms with E-state index in [1.807, 2.05) is 0 Å². The fraction of sp³-hybridized carbons (Fsp3) is 0.150. The molecule has 0 saturated carbocycles. The van der Waals surface area contributed by atoms with E-state index in [1.54, 1.807) is 18.4 Å². The summed E-state index contributed by atoms with van der Waals surface area (Å²) in [6.45, 7) is 3.56. The molecule has 5 nitrogen and oxygen atoms in total. The molecule has 0 fully saturated rings. The standard InChI is InChI=1S/C20H14Cl2F2N2O3/c1-3-26-9(2)15(12-5-4-11(23)7-14(12)24)18(27)16(20(28)29)17(26)10-6-13(21)19(22)25-8-10/h4-8H,3H2,1-2H3,(H,28,29). The molecular weight excluding hydrogens is 425 g/mol. The predicted octanol–water partition coefficient (Wildman–Crippen LogP) is 5.19. The minimum Gasteiger partial charge on any atom is -0.477 e. The number of carboxylic acid groups (broad SMARTS) is 1. The minimum absolute atomic E-state index is 0.0272. The van der Waals surface area contributed by atoms with Crippen molar-refractivity contribution < 1.29 is 18.7 Å². The molecule has 9 heteroatoms. The maximum atomic E-state index is 14.4. The maximum Gasteiger partial charge on any atom is 0.341 e. The highest BCUT2D eigenvalue weighted by Gasteiger charge is 2.27. The molecule has 1 aromatic carbocycles. The molecule has 0 amide bonds. The number of hydrogen-bond acceptors (Lipinski definition) is 3.